The minimum atomic E-state index is -4.15. The molecule has 8 nitrogen and oxygen atoms in total. The van der Waals surface area contributed by atoms with Gasteiger partial charge in [-0.25, -0.2) is 8.42 Å². The molecule has 9 heteroatoms. The quantitative estimate of drug-likeness (QED) is 0.413. The van der Waals surface area contributed by atoms with Crippen LogP contribution >= 0.6 is 0 Å². The molecule has 150 valence electrons. The maximum atomic E-state index is 13.2. The Labute approximate surface area is 163 Å². The van der Waals surface area contributed by atoms with Crippen LogP contribution in [0.4, 0.5) is 11.4 Å². The number of ether oxygens (including phenoxy) is 1. The second kappa shape index (κ2) is 7.97. The molecule has 0 atom stereocenters. The fraction of sp³-hybridized carbons (Fsp3) is 0.316. The molecule has 2 aromatic rings. The predicted molar refractivity (Wildman–Crippen MR) is 105 cm³/mol. The number of aryl methyl sites for hydroxylation is 1. The van der Waals surface area contributed by atoms with E-state index in [0.29, 0.717) is 0 Å². The van der Waals surface area contributed by atoms with E-state index in [9.17, 15) is 23.3 Å². The highest BCUT2D eigenvalue weighted by atomic mass is 32.2. The lowest BCUT2D eigenvalue weighted by atomic mass is 10.2. The number of esters is 1. The SMILES string of the molecule is Cc1ccc(S(=O)(=O)N(CC(=O)OC(C)(C)C)c2cccc([N+](=O)[O-])c2)cc1. The molecule has 0 unspecified atom stereocenters. The lowest BCUT2D eigenvalue weighted by Gasteiger charge is -2.26. The predicted octanol–water partition coefficient (Wildman–Crippen LogP) is 3.44. The van der Waals surface area contributed by atoms with Crippen molar-refractivity contribution in [1.82, 2.24) is 0 Å². The van der Waals surface area contributed by atoms with Gasteiger partial charge < -0.3 is 4.74 Å². The molecule has 0 heterocycles. The van der Waals surface area contributed by atoms with Gasteiger partial charge in [0.1, 0.15) is 12.1 Å². The van der Waals surface area contributed by atoms with Gasteiger partial charge >= 0.3 is 5.97 Å². The molecule has 0 aliphatic heterocycles. The molecule has 0 saturated carbocycles. The average molecular weight is 406 g/mol. The summed E-state index contributed by atoms with van der Waals surface area (Å²) in [6.45, 7) is 6.19. The zero-order valence-corrected chi connectivity index (χ0v) is 16.9. The molecule has 0 bridgehead atoms. The Kier molecular flexibility index (Phi) is 6.08. The zero-order valence-electron chi connectivity index (χ0n) is 16.1. The van der Waals surface area contributed by atoms with E-state index < -0.39 is 33.1 Å². The van der Waals surface area contributed by atoms with Crippen LogP contribution in [-0.4, -0.2) is 31.5 Å². The molecule has 28 heavy (non-hydrogen) atoms. The third-order valence-electron chi connectivity index (χ3n) is 3.63. The van der Waals surface area contributed by atoms with Gasteiger partial charge in [0.25, 0.3) is 15.7 Å². The number of nitro benzene ring substituents is 1. The van der Waals surface area contributed by atoms with E-state index in [1.807, 2.05) is 6.92 Å². The third-order valence-corrected chi connectivity index (χ3v) is 5.42. The van der Waals surface area contributed by atoms with E-state index in [2.05, 4.69) is 0 Å². The normalized spacial score (nSPS) is 11.7. The van der Waals surface area contributed by atoms with E-state index in [0.717, 1.165) is 15.9 Å². The lowest BCUT2D eigenvalue weighted by molar-refractivity contribution is -0.384. The highest BCUT2D eigenvalue weighted by Gasteiger charge is 2.30. The number of nitro groups is 1. The van der Waals surface area contributed by atoms with Crippen LogP contribution in [0, 0.1) is 17.0 Å². The summed E-state index contributed by atoms with van der Waals surface area (Å²) in [6.07, 6.45) is 0. The third kappa shape index (κ3) is 5.29. The molecule has 0 fully saturated rings. The maximum absolute atomic E-state index is 13.2. The summed E-state index contributed by atoms with van der Waals surface area (Å²) >= 11 is 0. The van der Waals surface area contributed by atoms with Crippen LogP contribution < -0.4 is 4.31 Å². The maximum Gasteiger partial charge on any atom is 0.327 e. The molecule has 0 saturated heterocycles. The van der Waals surface area contributed by atoms with Crippen molar-refractivity contribution in [2.24, 2.45) is 0 Å². The molecule has 0 radical (unpaired) electrons. The fourth-order valence-electron chi connectivity index (χ4n) is 2.41. The van der Waals surface area contributed by atoms with Gasteiger partial charge in [-0.1, -0.05) is 23.8 Å². The minimum absolute atomic E-state index is 0.000587. The molecule has 0 aliphatic rings. The van der Waals surface area contributed by atoms with Crippen LogP contribution in [0.2, 0.25) is 0 Å². The number of anilines is 1. The summed E-state index contributed by atoms with van der Waals surface area (Å²) in [4.78, 5) is 22.8. The van der Waals surface area contributed by atoms with E-state index in [1.54, 1.807) is 32.9 Å². The molecule has 0 aliphatic carbocycles. The van der Waals surface area contributed by atoms with Gasteiger partial charge in [-0.2, -0.15) is 0 Å². The van der Waals surface area contributed by atoms with Crippen molar-refractivity contribution in [1.29, 1.82) is 0 Å². The van der Waals surface area contributed by atoms with Crippen LogP contribution in [0.3, 0.4) is 0 Å². The van der Waals surface area contributed by atoms with Gasteiger partial charge in [0.2, 0.25) is 0 Å². The van der Waals surface area contributed by atoms with Crippen LogP contribution in [0.5, 0.6) is 0 Å². The van der Waals surface area contributed by atoms with E-state index >= 15 is 0 Å². The molecule has 0 N–H and O–H groups in total. The highest BCUT2D eigenvalue weighted by molar-refractivity contribution is 7.92. The Morgan fingerprint density at radius 1 is 1.14 bits per heavy atom. The summed E-state index contributed by atoms with van der Waals surface area (Å²) in [5.41, 5.74) is -0.224. The second-order valence-electron chi connectivity index (χ2n) is 7.19. The number of hydrogen-bond donors (Lipinski definition) is 0. The number of carbonyl (C=O) groups is 1. The van der Waals surface area contributed by atoms with Crippen molar-refractivity contribution in [3.63, 3.8) is 0 Å². The first-order chi connectivity index (χ1) is 12.9. The van der Waals surface area contributed by atoms with Crippen molar-refractivity contribution in [3.05, 3.63) is 64.2 Å². The molecule has 2 rings (SSSR count). The number of rotatable bonds is 6. The largest absolute Gasteiger partial charge is 0.459 e. The van der Waals surface area contributed by atoms with Gasteiger partial charge in [-0.05, 0) is 45.9 Å². The van der Waals surface area contributed by atoms with Crippen molar-refractivity contribution >= 4 is 27.4 Å². The van der Waals surface area contributed by atoms with Gasteiger partial charge in [-0.15, -0.1) is 0 Å². The average Bonchev–Trinajstić information content (AvgIpc) is 2.58. The van der Waals surface area contributed by atoms with Crippen molar-refractivity contribution in [2.75, 3.05) is 10.8 Å². The Morgan fingerprint density at radius 3 is 2.29 bits per heavy atom. The monoisotopic (exact) mass is 406 g/mol. The second-order valence-corrected chi connectivity index (χ2v) is 9.05. The molecular weight excluding hydrogens is 384 g/mol. The fourth-order valence-corrected chi connectivity index (χ4v) is 3.81. The topological polar surface area (TPSA) is 107 Å². The Hall–Kier alpha value is -2.94. The number of carbonyl (C=O) groups excluding carboxylic acids is 1. The summed E-state index contributed by atoms with van der Waals surface area (Å²) in [5.74, 6) is -0.769. The number of sulfonamides is 1. The van der Waals surface area contributed by atoms with Crippen molar-refractivity contribution in [2.45, 2.75) is 38.2 Å². The molecule has 0 spiro atoms. The minimum Gasteiger partial charge on any atom is -0.459 e. The highest BCUT2D eigenvalue weighted by Crippen LogP contribution is 2.27. The van der Waals surface area contributed by atoms with Gasteiger partial charge in [0, 0.05) is 12.1 Å². The summed E-state index contributed by atoms with van der Waals surface area (Å²) in [7, 11) is -4.15. The number of hydrogen-bond acceptors (Lipinski definition) is 6. The lowest BCUT2D eigenvalue weighted by Crippen LogP contribution is -2.39. The smallest absolute Gasteiger partial charge is 0.327 e. The van der Waals surface area contributed by atoms with Gasteiger partial charge in [0.05, 0.1) is 15.5 Å². The van der Waals surface area contributed by atoms with Crippen LogP contribution in [0.15, 0.2) is 53.4 Å². The van der Waals surface area contributed by atoms with Crippen molar-refractivity contribution < 1.29 is 22.9 Å². The summed E-state index contributed by atoms with van der Waals surface area (Å²) in [5, 5.41) is 11.1. The molecule has 2 aromatic carbocycles. The van der Waals surface area contributed by atoms with Gasteiger partial charge in [-0.3, -0.25) is 19.2 Å². The van der Waals surface area contributed by atoms with E-state index in [4.69, 9.17) is 4.74 Å². The van der Waals surface area contributed by atoms with Crippen LogP contribution in [0.1, 0.15) is 26.3 Å². The van der Waals surface area contributed by atoms with Gasteiger partial charge in [0.15, 0.2) is 0 Å². The Bertz CT molecular complexity index is 978. The first-order valence-corrected chi connectivity index (χ1v) is 9.90. The number of benzene rings is 2. The number of non-ortho nitro benzene ring substituents is 1. The first-order valence-electron chi connectivity index (χ1n) is 8.46. The zero-order chi connectivity index (χ0) is 21.1. The summed E-state index contributed by atoms with van der Waals surface area (Å²) in [6, 6.07) is 11.2. The Morgan fingerprint density at radius 2 is 1.75 bits per heavy atom. The van der Waals surface area contributed by atoms with E-state index in [-0.39, 0.29) is 16.3 Å². The molecule has 0 amide bonds. The van der Waals surface area contributed by atoms with Crippen LogP contribution in [-0.2, 0) is 19.6 Å². The summed E-state index contributed by atoms with van der Waals surface area (Å²) < 4.78 is 32.4. The number of nitrogens with zero attached hydrogens (tertiary/aromatic N) is 2. The molecule has 0 aromatic heterocycles. The standard InChI is InChI=1S/C19H22N2O6S/c1-14-8-10-17(11-9-14)28(25,26)20(13-18(22)27-19(2,3)4)15-6-5-7-16(12-15)21(23)24/h5-12H,13H2,1-4H3. The van der Waals surface area contributed by atoms with E-state index in [1.165, 1.54) is 30.3 Å². The van der Waals surface area contributed by atoms with Crippen molar-refractivity contribution in [3.8, 4) is 0 Å². The molecular formula is C19H22N2O6S. The first kappa shape index (κ1) is 21.4. The van der Waals surface area contributed by atoms with Crippen LogP contribution in [0.25, 0.3) is 0 Å². The Balaban J connectivity index is 2.52.